The number of rotatable bonds is 3. The topological polar surface area (TPSA) is 49.9 Å². The van der Waals surface area contributed by atoms with Crippen molar-refractivity contribution in [1.29, 1.82) is 5.41 Å². The molecule has 0 aliphatic carbocycles. The maximum atomic E-state index is 7.03. The number of amidine groups is 1. The van der Waals surface area contributed by atoms with Gasteiger partial charge in [-0.1, -0.05) is 27.2 Å². The van der Waals surface area contributed by atoms with Crippen LogP contribution < -0.4 is 5.73 Å². The Morgan fingerprint density at radius 3 is 2.11 bits per heavy atom. The van der Waals surface area contributed by atoms with Crippen LogP contribution in [0, 0.1) is 10.8 Å². The van der Waals surface area contributed by atoms with Gasteiger partial charge in [0, 0.05) is 6.42 Å². The third kappa shape index (κ3) is 4.01. The average molecular weight is 128 g/mol. The van der Waals surface area contributed by atoms with Crippen LogP contribution in [0.5, 0.6) is 0 Å². The van der Waals surface area contributed by atoms with Crippen LogP contribution in [0.25, 0.3) is 0 Å². The highest BCUT2D eigenvalue weighted by Crippen LogP contribution is 2.23. The van der Waals surface area contributed by atoms with Crippen molar-refractivity contribution in [3.63, 3.8) is 0 Å². The van der Waals surface area contributed by atoms with Gasteiger partial charge in [0.25, 0.3) is 0 Å². The van der Waals surface area contributed by atoms with Gasteiger partial charge < -0.3 is 5.73 Å². The molecule has 0 bridgehead atoms. The molecule has 0 aliphatic rings. The van der Waals surface area contributed by atoms with E-state index in [0.29, 0.717) is 12.3 Å². The van der Waals surface area contributed by atoms with Crippen LogP contribution in [0.4, 0.5) is 0 Å². The highest BCUT2D eigenvalue weighted by atomic mass is 14.7. The number of nitrogens with one attached hydrogen (secondary N) is 1. The molecule has 0 aliphatic heterocycles. The van der Waals surface area contributed by atoms with Crippen molar-refractivity contribution in [2.45, 2.75) is 33.6 Å². The maximum absolute atomic E-state index is 7.03. The molecular formula is C7H16N2. The van der Waals surface area contributed by atoms with Gasteiger partial charge in [-0.2, -0.15) is 0 Å². The first-order valence-electron chi connectivity index (χ1n) is 3.31. The molecule has 0 aromatic rings. The lowest BCUT2D eigenvalue weighted by Gasteiger charge is -2.20. The van der Waals surface area contributed by atoms with Crippen LogP contribution in [0.15, 0.2) is 0 Å². The number of hydrogen-bond donors (Lipinski definition) is 2. The summed E-state index contributed by atoms with van der Waals surface area (Å²) in [7, 11) is 0. The summed E-state index contributed by atoms with van der Waals surface area (Å²) < 4.78 is 0. The first-order chi connectivity index (χ1) is 3.98. The Labute approximate surface area is 57.0 Å². The number of hydrogen-bond acceptors (Lipinski definition) is 1. The van der Waals surface area contributed by atoms with Crippen LogP contribution >= 0.6 is 0 Å². The van der Waals surface area contributed by atoms with Gasteiger partial charge in [0.1, 0.15) is 0 Å². The van der Waals surface area contributed by atoms with E-state index >= 15 is 0 Å². The molecule has 0 unspecified atom stereocenters. The van der Waals surface area contributed by atoms with Crippen molar-refractivity contribution in [1.82, 2.24) is 0 Å². The van der Waals surface area contributed by atoms with Gasteiger partial charge in [-0.3, -0.25) is 5.41 Å². The molecule has 0 heterocycles. The van der Waals surface area contributed by atoms with E-state index in [1.165, 1.54) is 0 Å². The summed E-state index contributed by atoms with van der Waals surface area (Å²) in [5.74, 6) is 0.293. The minimum absolute atomic E-state index is 0.214. The Kier molecular flexibility index (Phi) is 2.68. The fourth-order valence-electron chi connectivity index (χ4n) is 0.641. The van der Waals surface area contributed by atoms with Gasteiger partial charge in [-0.25, -0.2) is 0 Å². The molecule has 0 fully saturated rings. The van der Waals surface area contributed by atoms with Crippen molar-refractivity contribution in [3.8, 4) is 0 Å². The zero-order chi connectivity index (χ0) is 7.49. The second-order valence-electron chi connectivity index (χ2n) is 3.22. The van der Waals surface area contributed by atoms with Crippen molar-refractivity contribution in [3.05, 3.63) is 0 Å². The monoisotopic (exact) mass is 128 g/mol. The Hall–Kier alpha value is -0.530. The van der Waals surface area contributed by atoms with Crippen LogP contribution in [-0.2, 0) is 0 Å². The summed E-state index contributed by atoms with van der Waals surface area (Å²) in [5, 5.41) is 7.03. The van der Waals surface area contributed by atoms with Gasteiger partial charge in [-0.15, -0.1) is 0 Å². The Bertz CT molecular complexity index is 105. The van der Waals surface area contributed by atoms with Crippen LogP contribution in [0.3, 0.4) is 0 Å². The second kappa shape index (κ2) is 2.85. The lowest BCUT2D eigenvalue weighted by molar-refractivity contribution is 0.366. The van der Waals surface area contributed by atoms with Crippen LogP contribution in [0.1, 0.15) is 33.6 Å². The van der Waals surface area contributed by atoms with E-state index in [2.05, 4.69) is 20.8 Å². The summed E-state index contributed by atoms with van der Waals surface area (Å²) >= 11 is 0. The summed E-state index contributed by atoms with van der Waals surface area (Å²) in [6.45, 7) is 6.35. The van der Waals surface area contributed by atoms with Crippen molar-refractivity contribution in [2.24, 2.45) is 11.1 Å². The van der Waals surface area contributed by atoms with Crippen molar-refractivity contribution >= 4 is 5.84 Å². The van der Waals surface area contributed by atoms with Gasteiger partial charge in [-0.05, 0) is 5.41 Å². The maximum Gasteiger partial charge on any atom is 0.0910 e. The van der Waals surface area contributed by atoms with Gasteiger partial charge in [0.2, 0.25) is 0 Å². The van der Waals surface area contributed by atoms with E-state index in [0.717, 1.165) is 6.42 Å². The van der Waals surface area contributed by atoms with Crippen LogP contribution in [-0.4, -0.2) is 5.84 Å². The Balaban J connectivity index is 3.71. The molecule has 0 amide bonds. The third-order valence-corrected chi connectivity index (χ3v) is 1.63. The van der Waals surface area contributed by atoms with Gasteiger partial charge in [0.05, 0.1) is 5.84 Å². The van der Waals surface area contributed by atoms with E-state index in [4.69, 9.17) is 11.1 Å². The molecule has 0 radical (unpaired) electrons. The predicted octanol–water partition coefficient (Wildman–Crippen LogP) is 1.75. The predicted molar refractivity (Wildman–Crippen MR) is 40.6 cm³/mol. The highest BCUT2D eigenvalue weighted by Gasteiger charge is 2.15. The minimum Gasteiger partial charge on any atom is -0.388 e. The summed E-state index contributed by atoms with van der Waals surface area (Å²) in [4.78, 5) is 0. The third-order valence-electron chi connectivity index (χ3n) is 1.63. The molecule has 0 spiro atoms. The first kappa shape index (κ1) is 8.47. The highest BCUT2D eigenvalue weighted by molar-refractivity contribution is 5.77. The second-order valence-corrected chi connectivity index (χ2v) is 3.22. The molecule has 0 saturated heterocycles. The molecule has 2 heteroatoms. The number of nitrogens with two attached hydrogens (primary N) is 1. The van der Waals surface area contributed by atoms with E-state index in [1.54, 1.807) is 0 Å². The average Bonchev–Trinajstić information content (AvgIpc) is 1.63. The Morgan fingerprint density at radius 2 is 2.00 bits per heavy atom. The minimum atomic E-state index is 0.214. The molecule has 0 saturated carbocycles. The SMILES string of the molecule is CCC(C)(C)CC(=N)N. The molecule has 0 aromatic carbocycles. The van der Waals surface area contributed by atoms with E-state index in [1.807, 2.05) is 0 Å². The standard InChI is InChI=1S/C7H16N2/c1-4-7(2,3)5-6(8)9/h4-5H2,1-3H3,(H3,8,9). The zero-order valence-electron chi connectivity index (χ0n) is 6.49. The van der Waals surface area contributed by atoms with E-state index in [-0.39, 0.29) is 5.41 Å². The van der Waals surface area contributed by atoms with Crippen molar-refractivity contribution in [2.75, 3.05) is 0 Å². The molecule has 2 nitrogen and oxygen atoms in total. The molecule has 9 heavy (non-hydrogen) atoms. The van der Waals surface area contributed by atoms with Gasteiger partial charge in [0.15, 0.2) is 0 Å². The molecule has 0 atom stereocenters. The van der Waals surface area contributed by atoms with E-state index < -0.39 is 0 Å². The zero-order valence-corrected chi connectivity index (χ0v) is 6.49. The lowest BCUT2D eigenvalue weighted by atomic mass is 9.86. The molecule has 0 rings (SSSR count). The summed E-state index contributed by atoms with van der Waals surface area (Å²) in [6, 6.07) is 0. The molecule has 54 valence electrons. The van der Waals surface area contributed by atoms with E-state index in [9.17, 15) is 0 Å². The fraction of sp³-hybridized carbons (Fsp3) is 0.857. The quantitative estimate of drug-likeness (QED) is 0.441. The van der Waals surface area contributed by atoms with Crippen LogP contribution in [0.2, 0.25) is 0 Å². The normalized spacial score (nSPS) is 11.4. The summed E-state index contributed by atoms with van der Waals surface area (Å²) in [6.07, 6.45) is 1.79. The fourth-order valence-corrected chi connectivity index (χ4v) is 0.641. The Morgan fingerprint density at radius 1 is 1.56 bits per heavy atom. The molecule has 0 aromatic heterocycles. The van der Waals surface area contributed by atoms with Gasteiger partial charge >= 0.3 is 0 Å². The first-order valence-corrected chi connectivity index (χ1v) is 3.31. The molecular weight excluding hydrogens is 112 g/mol. The molecule has 3 N–H and O–H groups in total. The van der Waals surface area contributed by atoms with Crippen molar-refractivity contribution < 1.29 is 0 Å². The largest absolute Gasteiger partial charge is 0.388 e. The lowest BCUT2D eigenvalue weighted by Crippen LogP contribution is -2.20. The smallest absolute Gasteiger partial charge is 0.0910 e. The summed E-state index contributed by atoms with van der Waals surface area (Å²) in [5.41, 5.74) is 5.45.